The van der Waals surface area contributed by atoms with Crippen LogP contribution in [0.1, 0.15) is 13.3 Å². The zero-order chi connectivity index (χ0) is 6.91. The molecule has 0 amide bonds. The molecule has 2 atom stereocenters. The van der Waals surface area contributed by atoms with Crippen LogP contribution in [0.25, 0.3) is 0 Å². The Hall–Kier alpha value is -0.120. The Morgan fingerprint density at radius 3 is 2.67 bits per heavy atom. The van der Waals surface area contributed by atoms with E-state index in [0.717, 1.165) is 13.0 Å². The lowest BCUT2D eigenvalue weighted by Gasteiger charge is -2.25. The van der Waals surface area contributed by atoms with Crippen LogP contribution in [0.5, 0.6) is 0 Å². The molecule has 0 aromatic carbocycles. The summed E-state index contributed by atoms with van der Waals surface area (Å²) < 4.78 is 0. The van der Waals surface area contributed by atoms with Crippen LogP contribution >= 0.6 is 0 Å². The van der Waals surface area contributed by atoms with Crippen molar-refractivity contribution in [2.45, 2.75) is 25.0 Å². The molecule has 2 unspecified atom stereocenters. The van der Waals surface area contributed by atoms with Crippen molar-refractivity contribution < 1.29 is 5.11 Å². The fourth-order valence-corrected chi connectivity index (χ4v) is 1.09. The lowest BCUT2D eigenvalue weighted by molar-refractivity contribution is 0.0400. The van der Waals surface area contributed by atoms with Gasteiger partial charge in [-0.1, -0.05) is 0 Å². The molecule has 9 heavy (non-hydrogen) atoms. The number of nitrogens with two attached hydrogens (primary N) is 1. The number of aliphatic hydroxyl groups is 1. The number of β-amino-alcohol motifs (C(OH)–C–C–N with tert-alkyl or cyclic N) is 1. The lowest BCUT2D eigenvalue weighted by atomic mass is 9.96. The van der Waals surface area contributed by atoms with Crippen LogP contribution in [0.4, 0.5) is 0 Å². The molecule has 0 aromatic heterocycles. The van der Waals surface area contributed by atoms with Crippen LogP contribution in [0.3, 0.4) is 0 Å². The van der Waals surface area contributed by atoms with Gasteiger partial charge in [0.1, 0.15) is 0 Å². The van der Waals surface area contributed by atoms with E-state index in [1.165, 1.54) is 0 Å². The minimum atomic E-state index is -0.639. The summed E-state index contributed by atoms with van der Waals surface area (Å²) in [7, 11) is 0. The highest BCUT2D eigenvalue weighted by Crippen LogP contribution is 2.16. The van der Waals surface area contributed by atoms with Crippen molar-refractivity contribution in [3.63, 3.8) is 0 Å². The second-order valence-electron chi connectivity index (χ2n) is 2.82. The monoisotopic (exact) mass is 130 g/mol. The molecule has 1 rings (SSSR count). The van der Waals surface area contributed by atoms with E-state index in [4.69, 9.17) is 5.73 Å². The van der Waals surface area contributed by atoms with Crippen molar-refractivity contribution in [3.05, 3.63) is 0 Å². The van der Waals surface area contributed by atoms with Gasteiger partial charge in [0.25, 0.3) is 0 Å². The highest BCUT2D eigenvalue weighted by Gasteiger charge is 2.34. The predicted molar refractivity (Wildman–Crippen MR) is 36.1 cm³/mol. The highest BCUT2D eigenvalue weighted by molar-refractivity contribution is 4.93. The molecule has 1 aliphatic heterocycles. The maximum absolute atomic E-state index is 9.58. The molecule has 0 spiro atoms. The molecule has 0 radical (unpaired) electrons. The minimum Gasteiger partial charge on any atom is -0.387 e. The molecule has 1 fully saturated rings. The van der Waals surface area contributed by atoms with E-state index in [9.17, 15) is 5.11 Å². The van der Waals surface area contributed by atoms with Crippen LogP contribution in [-0.2, 0) is 0 Å². The average molecular weight is 130 g/mol. The van der Waals surface area contributed by atoms with Gasteiger partial charge in [-0.05, 0) is 19.9 Å². The summed E-state index contributed by atoms with van der Waals surface area (Å²) >= 11 is 0. The van der Waals surface area contributed by atoms with E-state index in [1.807, 2.05) is 6.92 Å². The molecule has 1 heterocycles. The molecule has 0 aromatic rings. The van der Waals surface area contributed by atoms with Gasteiger partial charge in [0.15, 0.2) is 0 Å². The first-order valence-electron chi connectivity index (χ1n) is 3.34. The van der Waals surface area contributed by atoms with Crippen molar-refractivity contribution in [3.8, 4) is 0 Å². The summed E-state index contributed by atoms with van der Waals surface area (Å²) in [5.41, 5.74) is 4.90. The Balaban J connectivity index is 2.51. The van der Waals surface area contributed by atoms with Crippen LogP contribution in [0, 0.1) is 0 Å². The molecule has 54 valence electrons. The molecular formula is C6H14N2O. The molecule has 3 nitrogen and oxygen atoms in total. The maximum Gasteiger partial charge on any atom is 0.0930 e. The number of hydrogen-bond donors (Lipinski definition) is 3. The van der Waals surface area contributed by atoms with Crippen LogP contribution in [0.2, 0.25) is 0 Å². The summed E-state index contributed by atoms with van der Waals surface area (Å²) in [5.74, 6) is 0. The molecular weight excluding hydrogens is 116 g/mol. The summed E-state index contributed by atoms with van der Waals surface area (Å²) in [4.78, 5) is 0. The van der Waals surface area contributed by atoms with Gasteiger partial charge in [-0.2, -0.15) is 0 Å². The van der Waals surface area contributed by atoms with Gasteiger partial charge in [-0.25, -0.2) is 0 Å². The quantitative estimate of drug-likeness (QED) is 0.429. The molecule has 0 aliphatic carbocycles. The Morgan fingerprint density at radius 2 is 2.44 bits per heavy atom. The Kier molecular flexibility index (Phi) is 1.75. The second kappa shape index (κ2) is 2.25. The van der Waals surface area contributed by atoms with Crippen molar-refractivity contribution in [2.24, 2.45) is 5.73 Å². The van der Waals surface area contributed by atoms with E-state index < -0.39 is 5.60 Å². The zero-order valence-electron chi connectivity index (χ0n) is 5.72. The summed E-state index contributed by atoms with van der Waals surface area (Å²) in [6, 6.07) is -0.118. The first kappa shape index (κ1) is 6.99. The third kappa shape index (κ3) is 1.23. The van der Waals surface area contributed by atoms with Crippen molar-refractivity contribution in [1.29, 1.82) is 0 Å². The topological polar surface area (TPSA) is 58.3 Å². The van der Waals surface area contributed by atoms with E-state index in [2.05, 4.69) is 5.32 Å². The first-order chi connectivity index (χ1) is 4.15. The van der Waals surface area contributed by atoms with E-state index in [1.54, 1.807) is 0 Å². The molecule has 0 saturated carbocycles. The third-order valence-electron chi connectivity index (χ3n) is 2.01. The minimum absolute atomic E-state index is 0.118. The van der Waals surface area contributed by atoms with Crippen LogP contribution < -0.4 is 11.1 Å². The highest BCUT2D eigenvalue weighted by atomic mass is 16.3. The van der Waals surface area contributed by atoms with Crippen molar-refractivity contribution >= 4 is 0 Å². The van der Waals surface area contributed by atoms with Gasteiger partial charge in [0.2, 0.25) is 0 Å². The number of rotatable bonds is 1. The molecule has 3 heteroatoms. The van der Waals surface area contributed by atoms with Gasteiger partial charge in [0, 0.05) is 12.6 Å². The standard InChI is InChI=1S/C6H14N2O/c1-5(7)6(9)2-3-8-4-6/h5,8-9H,2-4,7H2,1H3. The third-order valence-corrected chi connectivity index (χ3v) is 2.01. The van der Waals surface area contributed by atoms with Gasteiger partial charge < -0.3 is 16.2 Å². The fourth-order valence-electron chi connectivity index (χ4n) is 1.09. The molecule has 1 aliphatic rings. The van der Waals surface area contributed by atoms with E-state index in [-0.39, 0.29) is 6.04 Å². The Labute approximate surface area is 55.2 Å². The number of hydrogen-bond acceptors (Lipinski definition) is 3. The largest absolute Gasteiger partial charge is 0.387 e. The Bertz CT molecular complexity index is 97.2. The van der Waals surface area contributed by atoms with Crippen LogP contribution in [-0.4, -0.2) is 29.8 Å². The van der Waals surface area contributed by atoms with Gasteiger partial charge in [0.05, 0.1) is 5.60 Å². The van der Waals surface area contributed by atoms with E-state index >= 15 is 0 Å². The van der Waals surface area contributed by atoms with Crippen LogP contribution in [0.15, 0.2) is 0 Å². The summed E-state index contributed by atoms with van der Waals surface area (Å²) in [6.45, 7) is 3.37. The first-order valence-corrected chi connectivity index (χ1v) is 3.34. The molecule has 0 bridgehead atoms. The SMILES string of the molecule is CC(N)C1(O)CCNC1. The lowest BCUT2D eigenvalue weighted by Crippen LogP contribution is -2.47. The van der Waals surface area contributed by atoms with Gasteiger partial charge in [-0.3, -0.25) is 0 Å². The summed E-state index contributed by atoms with van der Waals surface area (Å²) in [5, 5.41) is 12.6. The van der Waals surface area contributed by atoms with E-state index in [0.29, 0.717) is 6.54 Å². The normalized spacial score (nSPS) is 39.0. The zero-order valence-corrected chi connectivity index (χ0v) is 5.72. The average Bonchev–Trinajstić information content (AvgIpc) is 2.16. The molecule has 1 saturated heterocycles. The number of nitrogens with one attached hydrogen (secondary N) is 1. The van der Waals surface area contributed by atoms with Gasteiger partial charge >= 0.3 is 0 Å². The maximum atomic E-state index is 9.58. The predicted octanol–water partition coefficient (Wildman–Crippen LogP) is -0.942. The summed E-state index contributed by atoms with van der Waals surface area (Å²) in [6.07, 6.45) is 0.782. The Morgan fingerprint density at radius 1 is 1.78 bits per heavy atom. The van der Waals surface area contributed by atoms with Gasteiger partial charge in [-0.15, -0.1) is 0 Å². The van der Waals surface area contributed by atoms with Crippen molar-refractivity contribution in [1.82, 2.24) is 5.32 Å². The smallest absolute Gasteiger partial charge is 0.0930 e. The second-order valence-corrected chi connectivity index (χ2v) is 2.82. The fraction of sp³-hybridized carbons (Fsp3) is 1.00. The molecule has 4 N–H and O–H groups in total. The van der Waals surface area contributed by atoms with Crippen molar-refractivity contribution in [2.75, 3.05) is 13.1 Å².